The first-order chi connectivity index (χ1) is 12.7. The molecule has 0 bridgehead atoms. The van der Waals surface area contributed by atoms with Gasteiger partial charge in [0.05, 0.1) is 11.9 Å². The molecule has 0 unspecified atom stereocenters. The number of rotatable bonds is 5. The van der Waals surface area contributed by atoms with Crippen molar-refractivity contribution in [1.29, 1.82) is 0 Å². The highest BCUT2D eigenvalue weighted by molar-refractivity contribution is 6.30. The maximum absolute atomic E-state index is 12.0. The van der Waals surface area contributed by atoms with Gasteiger partial charge in [-0.3, -0.25) is 4.79 Å². The second-order valence-corrected chi connectivity index (χ2v) is 6.62. The second kappa shape index (κ2) is 7.22. The first-order valence-corrected chi connectivity index (χ1v) is 8.90. The minimum absolute atomic E-state index is 0.0560. The third-order valence-electron chi connectivity index (χ3n) is 4.37. The summed E-state index contributed by atoms with van der Waals surface area (Å²) in [5.41, 5.74) is 2.96. The van der Waals surface area contributed by atoms with Gasteiger partial charge in [0.2, 0.25) is 0 Å². The molecule has 4 rings (SSSR count). The number of imidazole rings is 1. The van der Waals surface area contributed by atoms with Crippen LogP contribution < -0.4 is 10.1 Å². The van der Waals surface area contributed by atoms with E-state index in [4.69, 9.17) is 16.3 Å². The molecule has 0 aliphatic carbocycles. The molecule has 0 radical (unpaired) electrons. The van der Waals surface area contributed by atoms with Gasteiger partial charge in [-0.15, -0.1) is 0 Å². The number of ether oxygens (including phenoxy) is 1. The zero-order valence-corrected chi connectivity index (χ0v) is 14.9. The first-order valence-electron chi connectivity index (χ1n) is 8.52. The maximum Gasteiger partial charge on any atom is 0.262 e. The van der Waals surface area contributed by atoms with E-state index < -0.39 is 0 Å². The Morgan fingerprint density at radius 1 is 1.15 bits per heavy atom. The Balaban J connectivity index is 1.36. The molecule has 2 aromatic carbocycles. The van der Waals surface area contributed by atoms with Crippen molar-refractivity contribution in [2.45, 2.75) is 19.4 Å². The van der Waals surface area contributed by atoms with E-state index in [0.29, 0.717) is 10.8 Å². The van der Waals surface area contributed by atoms with E-state index >= 15 is 0 Å². The number of hydrogen-bond acceptors (Lipinski definition) is 3. The molecule has 1 amide bonds. The molecule has 0 spiro atoms. The monoisotopic (exact) mass is 367 g/mol. The van der Waals surface area contributed by atoms with E-state index in [0.717, 1.165) is 42.2 Å². The topological polar surface area (TPSA) is 56.1 Å². The molecule has 1 aliphatic heterocycles. The molecule has 3 aromatic rings. The zero-order valence-electron chi connectivity index (χ0n) is 14.1. The Morgan fingerprint density at radius 2 is 1.92 bits per heavy atom. The van der Waals surface area contributed by atoms with Gasteiger partial charge in [0.25, 0.3) is 5.91 Å². The first kappa shape index (κ1) is 16.7. The Hall–Kier alpha value is -2.79. The van der Waals surface area contributed by atoms with Crippen LogP contribution in [0.1, 0.15) is 12.2 Å². The smallest absolute Gasteiger partial charge is 0.262 e. The molecule has 5 nitrogen and oxygen atoms in total. The zero-order chi connectivity index (χ0) is 17.9. The summed E-state index contributed by atoms with van der Waals surface area (Å²) >= 11 is 5.82. The molecular formula is C20H18ClN3O2. The number of nitrogens with one attached hydrogen (secondary N) is 1. The minimum Gasteiger partial charge on any atom is -0.484 e. The third-order valence-corrected chi connectivity index (χ3v) is 4.62. The fourth-order valence-corrected chi connectivity index (χ4v) is 3.22. The van der Waals surface area contributed by atoms with Crippen LogP contribution in [0.25, 0.3) is 11.3 Å². The summed E-state index contributed by atoms with van der Waals surface area (Å²) in [5, 5.41) is 3.47. The molecule has 6 heteroatoms. The van der Waals surface area contributed by atoms with Crippen LogP contribution >= 0.6 is 11.6 Å². The van der Waals surface area contributed by atoms with E-state index in [1.165, 1.54) is 0 Å². The maximum atomic E-state index is 12.0. The fraction of sp³-hybridized carbons (Fsp3) is 0.200. The summed E-state index contributed by atoms with van der Waals surface area (Å²) in [5.74, 6) is 1.55. The number of aryl methyl sites for hydroxylation is 1. The molecule has 0 atom stereocenters. The summed E-state index contributed by atoms with van der Waals surface area (Å²) in [6.07, 6.45) is 4.11. The van der Waals surface area contributed by atoms with Gasteiger partial charge in [0.1, 0.15) is 11.6 Å². The normalized spacial score (nSPS) is 12.7. The molecule has 1 N–H and O–H groups in total. The lowest BCUT2D eigenvalue weighted by atomic mass is 10.1. The van der Waals surface area contributed by atoms with Crippen LogP contribution in [-0.4, -0.2) is 22.1 Å². The molecule has 0 fully saturated rings. The van der Waals surface area contributed by atoms with Crippen LogP contribution in [0.4, 0.5) is 5.69 Å². The number of fused-ring (bicyclic) bond motifs is 1. The van der Waals surface area contributed by atoms with Crippen LogP contribution in [-0.2, 0) is 17.8 Å². The Labute approximate surface area is 156 Å². The summed E-state index contributed by atoms with van der Waals surface area (Å²) in [6, 6.07) is 14.7. The van der Waals surface area contributed by atoms with E-state index in [-0.39, 0.29) is 12.5 Å². The van der Waals surface area contributed by atoms with Crippen molar-refractivity contribution in [3.63, 3.8) is 0 Å². The van der Waals surface area contributed by atoms with E-state index in [1.54, 1.807) is 24.3 Å². The van der Waals surface area contributed by atoms with Crippen molar-refractivity contribution in [3.8, 4) is 17.0 Å². The van der Waals surface area contributed by atoms with E-state index in [9.17, 15) is 4.79 Å². The van der Waals surface area contributed by atoms with E-state index in [2.05, 4.69) is 14.9 Å². The molecule has 132 valence electrons. The van der Waals surface area contributed by atoms with Crippen LogP contribution in [0, 0.1) is 0 Å². The predicted octanol–water partition coefficient (Wildman–Crippen LogP) is 4.17. The molecule has 0 saturated heterocycles. The minimum atomic E-state index is -0.210. The van der Waals surface area contributed by atoms with Crippen LogP contribution in [0.15, 0.2) is 54.7 Å². The number of hydrogen-bond donors (Lipinski definition) is 1. The fourth-order valence-electron chi connectivity index (χ4n) is 3.09. The van der Waals surface area contributed by atoms with Gasteiger partial charge in [-0.05, 0) is 48.4 Å². The molecule has 1 aliphatic rings. The number of carbonyl (C=O) groups excluding carboxylic acids is 1. The van der Waals surface area contributed by atoms with Crippen molar-refractivity contribution in [3.05, 3.63) is 65.6 Å². The average Bonchev–Trinajstić information content (AvgIpc) is 3.26. The highest BCUT2D eigenvalue weighted by atomic mass is 35.5. The third kappa shape index (κ3) is 3.58. The highest BCUT2D eigenvalue weighted by Gasteiger charge is 2.16. The lowest BCUT2D eigenvalue weighted by molar-refractivity contribution is -0.118. The number of carbonyl (C=O) groups is 1. The van der Waals surface area contributed by atoms with Crippen molar-refractivity contribution >= 4 is 23.2 Å². The van der Waals surface area contributed by atoms with Gasteiger partial charge in [0.15, 0.2) is 6.61 Å². The average molecular weight is 368 g/mol. The Kier molecular flexibility index (Phi) is 4.63. The number of aromatic nitrogens is 2. The Morgan fingerprint density at radius 3 is 2.69 bits per heavy atom. The van der Waals surface area contributed by atoms with Crippen LogP contribution in [0.3, 0.4) is 0 Å². The number of amides is 1. The SMILES string of the molecule is O=C(COc1ccc(Cl)cc1)Nc1ccc(-c2cnc3n2CCC3)cc1. The number of benzene rings is 2. The number of anilines is 1. The van der Waals surface area contributed by atoms with Gasteiger partial charge < -0.3 is 14.6 Å². The van der Waals surface area contributed by atoms with Crippen LogP contribution in [0.5, 0.6) is 5.75 Å². The summed E-state index contributed by atoms with van der Waals surface area (Å²) < 4.78 is 7.70. The summed E-state index contributed by atoms with van der Waals surface area (Å²) in [4.78, 5) is 16.5. The summed E-state index contributed by atoms with van der Waals surface area (Å²) in [7, 11) is 0. The highest BCUT2D eigenvalue weighted by Crippen LogP contribution is 2.26. The lowest BCUT2D eigenvalue weighted by Crippen LogP contribution is -2.20. The van der Waals surface area contributed by atoms with Gasteiger partial charge in [-0.25, -0.2) is 4.98 Å². The molecular weight excluding hydrogens is 350 g/mol. The van der Waals surface area contributed by atoms with Gasteiger partial charge >= 0.3 is 0 Å². The van der Waals surface area contributed by atoms with Crippen molar-refractivity contribution in [2.24, 2.45) is 0 Å². The molecule has 26 heavy (non-hydrogen) atoms. The van der Waals surface area contributed by atoms with Crippen molar-refractivity contribution < 1.29 is 9.53 Å². The second-order valence-electron chi connectivity index (χ2n) is 6.18. The van der Waals surface area contributed by atoms with Gasteiger partial charge in [-0.1, -0.05) is 23.7 Å². The molecule has 2 heterocycles. The standard InChI is InChI=1S/C20H18ClN3O2/c21-15-5-9-17(10-6-15)26-13-20(25)23-16-7-3-14(4-8-16)18-12-22-19-2-1-11-24(18)19/h3-10,12H,1-2,11,13H2,(H,23,25). The van der Waals surface area contributed by atoms with Crippen molar-refractivity contribution in [1.82, 2.24) is 9.55 Å². The van der Waals surface area contributed by atoms with E-state index in [1.807, 2.05) is 30.5 Å². The molecule has 0 saturated carbocycles. The molecule has 1 aromatic heterocycles. The van der Waals surface area contributed by atoms with Gasteiger partial charge in [0, 0.05) is 23.7 Å². The van der Waals surface area contributed by atoms with Crippen LogP contribution in [0.2, 0.25) is 5.02 Å². The number of halogens is 1. The largest absolute Gasteiger partial charge is 0.484 e. The van der Waals surface area contributed by atoms with Gasteiger partial charge in [-0.2, -0.15) is 0 Å². The Bertz CT molecular complexity index is 917. The summed E-state index contributed by atoms with van der Waals surface area (Å²) in [6.45, 7) is 0.963. The predicted molar refractivity (Wildman–Crippen MR) is 102 cm³/mol. The number of nitrogens with zero attached hydrogens (tertiary/aromatic N) is 2. The quantitative estimate of drug-likeness (QED) is 0.736. The lowest BCUT2D eigenvalue weighted by Gasteiger charge is -2.09. The van der Waals surface area contributed by atoms with Crippen molar-refractivity contribution in [2.75, 3.05) is 11.9 Å².